The van der Waals surface area contributed by atoms with E-state index in [1.807, 2.05) is 87.5 Å². The van der Waals surface area contributed by atoms with Gasteiger partial charge in [0.2, 0.25) is 0 Å². The van der Waals surface area contributed by atoms with Crippen molar-refractivity contribution in [1.82, 2.24) is 44.7 Å². The fourth-order valence-electron chi connectivity index (χ4n) is 7.71. The van der Waals surface area contributed by atoms with Crippen molar-refractivity contribution in [2.24, 2.45) is 11.8 Å². The molecule has 0 spiro atoms. The van der Waals surface area contributed by atoms with Gasteiger partial charge in [-0.25, -0.2) is 24.4 Å². The number of amides is 1. The minimum Gasteiger partial charge on any atom is -0.464 e. The summed E-state index contributed by atoms with van der Waals surface area (Å²) in [6.45, 7) is 8.15. The molecule has 2 aliphatic rings. The number of carbonyl (C=O) groups is 5. The number of rotatable bonds is 11. The summed E-state index contributed by atoms with van der Waals surface area (Å²) in [6.07, 6.45) is 16.0. The minimum atomic E-state index is -0.510. The maximum atomic E-state index is 12.5. The van der Waals surface area contributed by atoms with Crippen molar-refractivity contribution in [3.63, 3.8) is 0 Å². The average molecular weight is 1090 g/mol. The molecule has 0 aromatic carbocycles. The first-order valence-corrected chi connectivity index (χ1v) is 25.0. The van der Waals surface area contributed by atoms with Crippen LogP contribution in [0.5, 0.6) is 0 Å². The maximum absolute atomic E-state index is 12.5. The Morgan fingerprint density at radius 1 is 0.566 bits per heavy atom. The third kappa shape index (κ3) is 17.5. The summed E-state index contributed by atoms with van der Waals surface area (Å²) in [7, 11) is 2.66. The van der Waals surface area contributed by atoms with E-state index in [1.54, 1.807) is 89.6 Å². The summed E-state index contributed by atoms with van der Waals surface area (Å²) < 4.78 is 15.3. The Hall–Kier alpha value is -8.63. The number of methoxy groups -OCH3 is 2. The number of halogens is 1. The zero-order chi connectivity index (χ0) is 54.5. The van der Waals surface area contributed by atoms with Crippen molar-refractivity contribution in [1.29, 1.82) is 5.26 Å². The number of likely N-dealkylation sites (tertiary alicyclic amines) is 2. The van der Waals surface area contributed by atoms with E-state index in [2.05, 4.69) is 66.5 Å². The van der Waals surface area contributed by atoms with Gasteiger partial charge in [-0.3, -0.25) is 34.5 Å². The second-order valence-corrected chi connectivity index (χ2v) is 19.2. The van der Waals surface area contributed by atoms with Crippen molar-refractivity contribution in [2.45, 2.75) is 52.1 Å². The summed E-state index contributed by atoms with van der Waals surface area (Å²) in [4.78, 5) is 91.5. The van der Waals surface area contributed by atoms with Crippen LogP contribution in [0.1, 0.15) is 88.4 Å². The standard InChI is InChI=1S/C21H25N3O3.C17H16N4O.C12H10N2O2.C7H6BrNO2/c1-21(2,3)27-20(26)24-11-9-15(14-24)12-19(25)18-8-7-16(13-23-18)17-6-4-5-10-22-17;18-12-21-8-6-13(11-21)9-17(22)16-5-4-14(10-20-16)15-3-1-2-7-19-15;1-16-12(15)11-6-5-9(8-14-11)10-4-2-3-7-13-10;1-11-7(10)6-3-2-5(8)4-9-6/h4-8,10,13,15H,9,11-12,14H2,1-3H3;1-5,7,10,13H,6,8-9,11H2;2-8H,1H3;2-4H,1H3/t15-;13-;;/m00../s1. The highest BCUT2D eigenvalue weighted by atomic mass is 79.9. The van der Waals surface area contributed by atoms with Gasteiger partial charge >= 0.3 is 18.0 Å². The van der Waals surface area contributed by atoms with Crippen molar-refractivity contribution in [3.05, 3.63) is 174 Å². The van der Waals surface area contributed by atoms with E-state index in [4.69, 9.17) is 10.00 Å². The monoisotopic (exact) mass is 1090 g/mol. The fraction of sp³-hybridized carbons (Fsp3) is 0.281. The third-order valence-electron chi connectivity index (χ3n) is 11.6. The minimum absolute atomic E-state index is 0.00129. The molecule has 2 fully saturated rings. The van der Waals surface area contributed by atoms with Crippen LogP contribution < -0.4 is 0 Å². The van der Waals surface area contributed by atoms with E-state index >= 15 is 0 Å². The smallest absolute Gasteiger partial charge is 0.410 e. The lowest BCUT2D eigenvalue weighted by Gasteiger charge is -2.24. The van der Waals surface area contributed by atoms with Crippen molar-refractivity contribution < 1.29 is 38.2 Å². The molecule has 2 atom stereocenters. The average Bonchev–Trinajstić information content (AvgIpc) is 4.13. The number of Topliss-reactive ketones (excluding diaryl/α,β-unsaturated/α-hetero) is 2. The molecule has 19 heteroatoms. The number of aromatic nitrogens is 7. The van der Waals surface area contributed by atoms with Gasteiger partial charge in [-0.1, -0.05) is 18.2 Å². The van der Waals surface area contributed by atoms with E-state index in [0.717, 1.165) is 57.6 Å². The summed E-state index contributed by atoms with van der Waals surface area (Å²) in [6, 6.07) is 31.0. The first-order chi connectivity index (χ1) is 36.6. The molecule has 0 aliphatic carbocycles. The quantitative estimate of drug-likeness (QED) is 0.0507. The predicted octanol–water partition coefficient (Wildman–Crippen LogP) is 10.1. The zero-order valence-corrected chi connectivity index (χ0v) is 44.4. The lowest BCUT2D eigenvalue weighted by Crippen LogP contribution is -2.35. The van der Waals surface area contributed by atoms with Gasteiger partial charge in [0.05, 0.1) is 31.3 Å². The molecule has 9 rings (SSSR count). The molecule has 18 nitrogen and oxygen atoms in total. The van der Waals surface area contributed by atoms with E-state index in [0.29, 0.717) is 55.3 Å². The van der Waals surface area contributed by atoms with E-state index in [-0.39, 0.29) is 29.5 Å². The number of nitriles is 1. The zero-order valence-electron chi connectivity index (χ0n) is 42.8. The molecule has 2 saturated heterocycles. The Bertz CT molecular complexity index is 3030. The van der Waals surface area contributed by atoms with Crippen LogP contribution in [0.2, 0.25) is 0 Å². The van der Waals surface area contributed by atoms with Crippen LogP contribution in [-0.2, 0) is 14.2 Å². The number of hydrogen-bond donors (Lipinski definition) is 0. The summed E-state index contributed by atoms with van der Waals surface area (Å²) in [5, 5.41) is 8.85. The van der Waals surface area contributed by atoms with E-state index < -0.39 is 17.5 Å². The first kappa shape index (κ1) is 56.7. The molecule has 390 valence electrons. The second kappa shape index (κ2) is 28.2. The van der Waals surface area contributed by atoms with Gasteiger partial charge in [-0.05, 0) is 146 Å². The number of ketones is 2. The molecule has 0 bridgehead atoms. The SMILES string of the molecule is CC(C)(C)OC(=O)N1CC[C@@H](CC(=O)c2ccc(-c3ccccn3)cn2)C1.COC(=O)c1ccc(-c2ccccn2)cn1.COC(=O)c1ccc(Br)cn1.N#CN1CC[C@@H](CC(=O)c2ccc(-c3ccccn3)cn2)C1. The van der Waals surface area contributed by atoms with Crippen molar-refractivity contribution >= 4 is 45.5 Å². The molecule has 2 aliphatic heterocycles. The molecular formula is C57H57BrN10O8. The van der Waals surface area contributed by atoms with Crippen LogP contribution in [-0.4, -0.2) is 120 Å². The first-order valence-electron chi connectivity index (χ1n) is 24.2. The normalized spacial score (nSPS) is 14.4. The van der Waals surface area contributed by atoms with Gasteiger partial charge in [-0.2, -0.15) is 5.26 Å². The molecular weight excluding hydrogens is 1030 g/mol. The Balaban J connectivity index is 0.000000172. The van der Waals surface area contributed by atoms with Crippen LogP contribution in [0.15, 0.2) is 151 Å². The largest absolute Gasteiger partial charge is 0.464 e. The molecule has 1 amide bonds. The summed E-state index contributed by atoms with van der Waals surface area (Å²) in [5.74, 6) is -0.423. The molecule has 7 aromatic heterocycles. The van der Waals surface area contributed by atoms with E-state index in [1.165, 1.54) is 14.2 Å². The van der Waals surface area contributed by atoms with Gasteiger partial charge in [0.1, 0.15) is 28.4 Å². The van der Waals surface area contributed by atoms with Crippen LogP contribution in [0.4, 0.5) is 4.79 Å². The van der Waals surface area contributed by atoms with Crippen LogP contribution in [0, 0.1) is 23.3 Å². The Morgan fingerprint density at radius 3 is 1.34 bits per heavy atom. The lowest BCUT2D eigenvalue weighted by molar-refractivity contribution is 0.0286. The highest BCUT2D eigenvalue weighted by molar-refractivity contribution is 9.10. The van der Waals surface area contributed by atoms with Gasteiger partial charge in [0, 0.05) is 104 Å². The molecule has 0 N–H and O–H groups in total. The number of ether oxygens (including phenoxy) is 3. The highest BCUT2D eigenvalue weighted by Gasteiger charge is 2.31. The molecule has 0 saturated carbocycles. The molecule has 7 aromatic rings. The van der Waals surface area contributed by atoms with Gasteiger partial charge < -0.3 is 24.0 Å². The molecule has 76 heavy (non-hydrogen) atoms. The van der Waals surface area contributed by atoms with Crippen LogP contribution in [0.3, 0.4) is 0 Å². The summed E-state index contributed by atoms with van der Waals surface area (Å²) >= 11 is 3.20. The fourth-order valence-corrected chi connectivity index (χ4v) is 7.94. The van der Waals surface area contributed by atoms with Crippen LogP contribution in [0.25, 0.3) is 33.8 Å². The van der Waals surface area contributed by atoms with Gasteiger partial charge in [0.25, 0.3) is 0 Å². The van der Waals surface area contributed by atoms with Gasteiger partial charge in [-0.15, -0.1) is 0 Å². The number of esters is 2. The molecule has 0 radical (unpaired) electrons. The molecule has 0 unspecified atom stereocenters. The van der Waals surface area contributed by atoms with Crippen molar-refractivity contribution in [3.8, 4) is 40.0 Å². The Morgan fingerprint density at radius 2 is 0.987 bits per heavy atom. The third-order valence-corrected chi connectivity index (χ3v) is 12.0. The Labute approximate surface area is 449 Å². The number of carbonyl (C=O) groups excluding carboxylic acids is 5. The molecule has 9 heterocycles. The van der Waals surface area contributed by atoms with Gasteiger partial charge in [0.15, 0.2) is 17.8 Å². The number of pyridine rings is 7. The Kier molecular flexibility index (Phi) is 21.0. The van der Waals surface area contributed by atoms with E-state index in [9.17, 15) is 24.0 Å². The topological polar surface area (TPSA) is 234 Å². The van der Waals surface area contributed by atoms with Crippen LogP contribution >= 0.6 is 15.9 Å². The predicted molar refractivity (Wildman–Crippen MR) is 286 cm³/mol. The highest BCUT2D eigenvalue weighted by Crippen LogP contribution is 2.25. The number of hydrogen-bond acceptors (Lipinski definition) is 17. The maximum Gasteiger partial charge on any atom is 0.410 e. The second-order valence-electron chi connectivity index (χ2n) is 18.3. The lowest BCUT2D eigenvalue weighted by atomic mass is 10.00. The summed E-state index contributed by atoms with van der Waals surface area (Å²) in [5.41, 5.74) is 6.17. The van der Waals surface area contributed by atoms with Crippen molar-refractivity contribution in [2.75, 3.05) is 40.4 Å². The number of nitrogens with zero attached hydrogens (tertiary/aromatic N) is 10.